The fraction of sp³-hybridized carbons (Fsp3) is 0.909. The lowest BCUT2D eigenvalue weighted by Crippen LogP contribution is -2.50. The molecule has 4 heteroatoms. The van der Waals surface area contributed by atoms with Crippen LogP contribution in [0.15, 0.2) is 0 Å². The van der Waals surface area contributed by atoms with E-state index in [1.54, 1.807) is 6.92 Å². The molecule has 1 amide bonds. The predicted molar refractivity (Wildman–Crippen MR) is 59.4 cm³/mol. The van der Waals surface area contributed by atoms with E-state index in [4.69, 9.17) is 5.73 Å². The molecular formula is C11H21N3O. The first kappa shape index (κ1) is 10.9. The van der Waals surface area contributed by atoms with Crippen molar-refractivity contribution in [2.75, 3.05) is 13.1 Å². The lowest BCUT2D eigenvalue weighted by molar-refractivity contribution is -0.122. The van der Waals surface area contributed by atoms with Gasteiger partial charge in [0.25, 0.3) is 0 Å². The minimum Gasteiger partial charge on any atom is -0.350 e. The second-order valence-corrected chi connectivity index (χ2v) is 4.79. The van der Waals surface area contributed by atoms with Crippen LogP contribution in [0.25, 0.3) is 0 Å². The highest BCUT2D eigenvalue weighted by atomic mass is 16.2. The van der Waals surface area contributed by atoms with Gasteiger partial charge in [-0.2, -0.15) is 0 Å². The van der Waals surface area contributed by atoms with Crippen molar-refractivity contribution in [2.45, 2.75) is 50.7 Å². The third-order valence-electron chi connectivity index (χ3n) is 3.60. The van der Waals surface area contributed by atoms with Gasteiger partial charge >= 0.3 is 0 Å². The van der Waals surface area contributed by atoms with Crippen molar-refractivity contribution >= 4 is 5.91 Å². The number of piperidine rings is 1. The minimum atomic E-state index is -0.386. The second-order valence-electron chi connectivity index (χ2n) is 4.79. The largest absolute Gasteiger partial charge is 0.350 e. The molecule has 2 fully saturated rings. The normalized spacial score (nSPS) is 33.5. The summed E-state index contributed by atoms with van der Waals surface area (Å²) in [5.41, 5.74) is 5.56. The van der Waals surface area contributed by atoms with E-state index in [-0.39, 0.29) is 11.9 Å². The molecule has 2 rings (SSSR count). The Balaban J connectivity index is 1.90. The molecule has 15 heavy (non-hydrogen) atoms. The van der Waals surface area contributed by atoms with Crippen molar-refractivity contribution in [1.29, 1.82) is 0 Å². The standard InChI is InChI=1S/C11H21N3O/c1-8(12)11(15)13-9-5-7-14-6-3-2-4-10(9)14/h8-10H,2-7,12H2,1H3,(H,13,15)/t8-,9?,10?/m0/s1. The molecule has 0 aromatic heterocycles. The molecule has 0 aliphatic carbocycles. The summed E-state index contributed by atoms with van der Waals surface area (Å²) in [6.45, 7) is 4.08. The van der Waals surface area contributed by atoms with E-state index in [0.717, 1.165) is 13.0 Å². The molecule has 86 valence electrons. The molecule has 3 atom stereocenters. The summed E-state index contributed by atoms with van der Waals surface area (Å²) in [4.78, 5) is 14.0. The molecule has 0 spiro atoms. The highest BCUT2D eigenvalue weighted by Gasteiger charge is 2.36. The first-order chi connectivity index (χ1) is 7.18. The van der Waals surface area contributed by atoms with E-state index in [9.17, 15) is 4.79 Å². The van der Waals surface area contributed by atoms with Gasteiger partial charge in [0, 0.05) is 18.6 Å². The number of carbonyl (C=O) groups is 1. The number of nitrogens with two attached hydrogens (primary N) is 1. The zero-order chi connectivity index (χ0) is 10.8. The Labute approximate surface area is 91.2 Å². The smallest absolute Gasteiger partial charge is 0.236 e. The highest BCUT2D eigenvalue weighted by Crippen LogP contribution is 2.26. The van der Waals surface area contributed by atoms with Crippen molar-refractivity contribution in [3.8, 4) is 0 Å². The number of amides is 1. The van der Waals surface area contributed by atoms with Crippen LogP contribution in [0.2, 0.25) is 0 Å². The molecule has 2 unspecified atom stereocenters. The number of carbonyl (C=O) groups excluding carboxylic acids is 1. The molecule has 0 aromatic carbocycles. The number of hydrogen-bond donors (Lipinski definition) is 2. The van der Waals surface area contributed by atoms with E-state index in [2.05, 4.69) is 10.2 Å². The van der Waals surface area contributed by atoms with Crippen molar-refractivity contribution in [1.82, 2.24) is 10.2 Å². The van der Waals surface area contributed by atoms with E-state index >= 15 is 0 Å². The summed E-state index contributed by atoms with van der Waals surface area (Å²) in [6, 6.07) is 0.521. The average Bonchev–Trinajstić information content (AvgIpc) is 2.62. The Morgan fingerprint density at radius 2 is 2.20 bits per heavy atom. The zero-order valence-corrected chi connectivity index (χ0v) is 9.41. The van der Waals surface area contributed by atoms with Gasteiger partial charge in [0.15, 0.2) is 0 Å². The highest BCUT2D eigenvalue weighted by molar-refractivity contribution is 5.81. The van der Waals surface area contributed by atoms with Crippen LogP contribution in [0.4, 0.5) is 0 Å². The molecule has 2 aliphatic heterocycles. The van der Waals surface area contributed by atoms with Crippen molar-refractivity contribution < 1.29 is 4.79 Å². The quantitative estimate of drug-likeness (QED) is 0.680. The summed E-state index contributed by atoms with van der Waals surface area (Å²) in [5, 5.41) is 3.07. The van der Waals surface area contributed by atoms with Gasteiger partial charge in [-0.15, -0.1) is 0 Å². The van der Waals surface area contributed by atoms with Crippen LogP contribution in [0.5, 0.6) is 0 Å². The number of hydrogen-bond acceptors (Lipinski definition) is 3. The Hall–Kier alpha value is -0.610. The molecule has 0 saturated carbocycles. The maximum atomic E-state index is 11.5. The average molecular weight is 211 g/mol. The zero-order valence-electron chi connectivity index (χ0n) is 9.41. The van der Waals surface area contributed by atoms with Crippen LogP contribution in [0.1, 0.15) is 32.6 Å². The fourth-order valence-electron chi connectivity index (χ4n) is 2.73. The number of rotatable bonds is 2. The van der Waals surface area contributed by atoms with Crippen LogP contribution in [0, 0.1) is 0 Å². The van der Waals surface area contributed by atoms with Gasteiger partial charge in [0.05, 0.1) is 6.04 Å². The Bertz CT molecular complexity index is 242. The number of nitrogens with zero attached hydrogens (tertiary/aromatic N) is 1. The van der Waals surface area contributed by atoms with Crippen LogP contribution in [-0.4, -0.2) is 42.0 Å². The van der Waals surface area contributed by atoms with Crippen LogP contribution in [-0.2, 0) is 4.79 Å². The van der Waals surface area contributed by atoms with E-state index in [1.165, 1.54) is 25.8 Å². The summed E-state index contributed by atoms with van der Waals surface area (Å²) < 4.78 is 0. The SMILES string of the molecule is C[C@H](N)C(=O)NC1CCN2CCCCC12. The third-order valence-corrected chi connectivity index (χ3v) is 3.60. The van der Waals surface area contributed by atoms with Gasteiger partial charge < -0.3 is 11.1 Å². The molecule has 4 nitrogen and oxygen atoms in total. The Morgan fingerprint density at radius 1 is 1.40 bits per heavy atom. The third kappa shape index (κ3) is 2.32. The summed E-state index contributed by atoms with van der Waals surface area (Å²) in [6.07, 6.45) is 4.92. The van der Waals surface area contributed by atoms with E-state index in [1.807, 2.05) is 0 Å². The molecular weight excluding hydrogens is 190 g/mol. The van der Waals surface area contributed by atoms with Crippen molar-refractivity contribution in [3.63, 3.8) is 0 Å². The molecule has 2 saturated heterocycles. The topological polar surface area (TPSA) is 58.4 Å². The maximum Gasteiger partial charge on any atom is 0.236 e. The van der Waals surface area contributed by atoms with Gasteiger partial charge in [-0.1, -0.05) is 6.42 Å². The molecule has 0 aromatic rings. The van der Waals surface area contributed by atoms with Gasteiger partial charge in [-0.25, -0.2) is 0 Å². The maximum absolute atomic E-state index is 11.5. The van der Waals surface area contributed by atoms with Crippen molar-refractivity contribution in [3.05, 3.63) is 0 Å². The Morgan fingerprint density at radius 3 is 2.93 bits per heavy atom. The first-order valence-corrected chi connectivity index (χ1v) is 5.98. The fourth-order valence-corrected chi connectivity index (χ4v) is 2.73. The molecule has 2 aliphatic rings. The monoisotopic (exact) mass is 211 g/mol. The number of nitrogens with one attached hydrogen (secondary N) is 1. The molecule has 0 bridgehead atoms. The van der Waals surface area contributed by atoms with Crippen LogP contribution in [0.3, 0.4) is 0 Å². The summed E-state index contributed by atoms with van der Waals surface area (Å²) in [7, 11) is 0. The minimum absolute atomic E-state index is 0.00702. The lowest BCUT2D eigenvalue weighted by atomic mass is 9.99. The van der Waals surface area contributed by atoms with E-state index < -0.39 is 0 Å². The number of fused-ring (bicyclic) bond motifs is 1. The van der Waals surface area contributed by atoms with Gasteiger partial charge in [0.1, 0.15) is 0 Å². The summed E-state index contributed by atoms with van der Waals surface area (Å²) >= 11 is 0. The second kappa shape index (κ2) is 4.49. The van der Waals surface area contributed by atoms with Gasteiger partial charge in [-0.3, -0.25) is 9.69 Å². The van der Waals surface area contributed by atoms with Crippen LogP contribution >= 0.6 is 0 Å². The van der Waals surface area contributed by atoms with Crippen LogP contribution < -0.4 is 11.1 Å². The van der Waals surface area contributed by atoms with Gasteiger partial charge in [0.2, 0.25) is 5.91 Å². The Kier molecular flexibility index (Phi) is 3.26. The van der Waals surface area contributed by atoms with Gasteiger partial charge in [-0.05, 0) is 32.7 Å². The van der Waals surface area contributed by atoms with Crippen molar-refractivity contribution in [2.24, 2.45) is 5.73 Å². The lowest BCUT2D eigenvalue weighted by Gasteiger charge is -2.32. The predicted octanol–water partition coefficient (Wildman–Crippen LogP) is 0.0766. The van der Waals surface area contributed by atoms with E-state index in [0.29, 0.717) is 12.1 Å². The molecule has 2 heterocycles. The molecule has 0 radical (unpaired) electrons. The molecule has 3 N–H and O–H groups in total. The summed E-state index contributed by atoms with van der Waals surface area (Å²) in [5.74, 6) is -0.00702. The first-order valence-electron chi connectivity index (χ1n) is 5.98.